The number of nitrogens with one attached hydrogen (secondary N) is 1. The van der Waals surface area contributed by atoms with Crippen molar-refractivity contribution in [2.45, 2.75) is 19.0 Å². The number of benzene rings is 1. The van der Waals surface area contributed by atoms with Crippen LogP contribution >= 0.6 is 11.3 Å². The summed E-state index contributed by atoms with van der Waals surface area (Å²) in [6, 6.07) is 10.8. The van der Waals surface area contributed by atoms with Gasteiger partial charge in [0.25, 0.3) is 5.91 Å². The number of likely N-dealkylation sites (N-methyl/N-ethyl adjacent to an activating group) is 1. The molecule has 1 fully saturated rings. The molecule has 1 atom stereocenters. The van der Waals surface area contributed by atoms with Crippen molar-refractivity contribution in [2.24, 2.45) is 0 Å². The Hall–Kier alpha value is -2.67. The molecule has 0 saturated carbocycles. The van der Waals surface area contributed by atoms with E-state index in [0.717, 1.165) is 16.0 Å². The summed E-state index contributed by atoms with van der Waals surface area (Å²) in [5, 5.41) is 6.37. The number of urea groups is 1. The fourth-order valence-electron chi connectivity index (χ4n) is 2.79. The van der Waals surface area contributed by atoms with Gasteiger partial charge in [-0.05, 0) is 34.9 Å². The molecule has 0 radical (unpaired) electrons. The van der Waals surface area contributed by atoms with E-state index in [1.54, 1.807) is 20.0 Å². The lowest BCUT2D eigenvalue weighted by Gasteiger charge is -2.22. The zero-order valence-corrected chi connectivity index (χ0v) is 14.9. The van der Waals surface area contributed by atoms with E-state index >= 15 is 0 Å². The lowest BCUT2D eigenvalue weighted by Crippen LogP contribution is -2.43. The molecule has 0 aliphatic carbocycles. The minimum absolute atomic E-state index is 0.270. The summed E-state index contributed by atoms with van der Waals surface area (Å²) < 4.78 is 0. The van der Waals surface area contributed by atoms with Crippen LogP contribution in [0.2, 0.25) is 0 Å². The molecule has 7 heteroatoms. The van der Waals surface area contributed by atoms with Gasteiger partial charge in [0.1, 0.15) is 12.1 Å². The molecule has 1 aliphatic rings. The zero-order valence-electron chi connectivity index (χ0n) is 14.1. The van der Waals surface area contributed by atoms with Crippen LogP contribution in [0, 0.1) is 0 Å². The molecule has 1 aromatic heterocycles. The minimum atomic E-state index is -1.12. The Labute approximate surface area is 150 Å². The Morgan fingerprint density at radius 1 is 1.24 bits per heavy atom. The molecule has 25 heavy (non-hydrogen) atoms. The third-order valence-electron chi connectivity index (χ3n) is 4.36. The van der Waals surface area contributed by atoms with Gasteiger partial charge in [-0.3, -0.25) is 14.5 Å². The zero-order chi connectivity index (χ0) is 18.0. The Balaban J connectivity index is 1.69. The summed E-state index contributed by atoms with van der Waals surface area (Å²) in [4.78, 5) is 39.9. The SMILES string of the molecule is CN(Cc1ccccc1)C(=O)CN1C(=O)N[C@@](C)(c2ccsc2)C1=O. The Morgan fingerprint density at radius 2 is 1.96 bits per heavy atom. The molecular weight excluding hydrogens is 338 g/mol. The molecule has 1 saturated heterocycles. The predicted octanol–water partition coefficient (Wildman–Crippen LogP) is 2.17. The van der Waals surface area contributed by atoms with E-state index in [9.17, 15) is 14.4 Å². The van der Waals surface area contributed by atoms with Crippen molar-refractivity contribution in [3.63, 3.8) is 0 Å². The van der Waals surface area contributed by atoms with Crippen molar-refractivity contribution in [2.75, 3.05) is 13.6 Å². The maximum Gasteiger partial charge on any atom is 0.325 e. The van der Waals surface area contributed by atoms with Gasteiger partial charge in [0.15, 0.2) is 0 Å². The van der Waals surface area contributed by atoms with E-state index in [0.29, 0.717) is 6.54 Å². The van der Waals surface area contributed by atoms with Gasteiger partial charge < -0.3 is 10.2 Å². The highest BCUT2D eigenvalue weighted by Gasteiger charge is 2.49. The van der Waals surface area contributed by atoms with Crippen molar-refractivity contribution in [1.29, 1.82) is 0 Å². The van der Waals surface area contributed by atoms with E-state index in [-0.39, 0.29) is 12.5 Å². The number of thiophene rings is 1. The fourth-order valence-corrected chi connectivity index (χ4v) is 3.55. The molecule has 1 aromatic carbocycles. The standard InChI is InChI=1S/C18H19N3O3S/c1-18(14-8-9-25-12-14)16(23)21(17(24)19-18)11-15(22)20(2)10-13-6-4-3-5-7-13/h3-9,12H,10-11H2,1-2H3,(H,19,24)/t18-/m0/s1. The molecule has 6 nitrogen and oxygen atoms in total. The van der Waals surface area contributed by atoms with Crippen molar-refractivity contribution in [3.8, 4) is 0 Å². The summed E-state index contributed by atoms with van der Waals surface area (Å²) in [6.45, 7) is 1.81. The molecule has 2 aromatic rings. The molecular formula is C18H19N3O3S. The van der Waals surface area contributed by atoms with Crippen LogP contribution in [0.25, 0.3) is 0 Å². The Morgan fingerprint density at radius 3 is 2.60 bits per heavy atom. The van der Waals surface area contributed by atoms with E-state index < -0.39 is 17.5 Å². The lowest BCUT2D eigenvalue weighted by atomic mass is 9.95. The van der Waals surface area contributed by atoms with Crippen LogP contribution in [0.5, 0.6) is 0 Å². The molecule has 0 spiro atoms. The van der Waals surface area contributed by atoms with Gasteiger partial charge in [-0.15, -0.1) is 0 Å². The topological polar surface area (TPSA) is 69.7 Å². The highest BCUT2D eigenvalue weighted by Crippen LogP contribution is 2.30. The maximum atomic E-state index is 12.7. The number of nitrogens with zero attached hydrogens (tertiary/aromatic N) is 2. The third kappa shape index (κ3) is 3.28. The first-order valence-electron chi connectivity index (χ1n) is 7.86. The van der Waals surface area contributed by atoms with Gasteiger partial charge in [0, 0.05) is 13.6 Å². The maximum absolute atomic E-state index is 12.7. The molecule has 1 N–H and O–H groups in total. The van der Waals surface area contributed by atoms with E-state index in [2.05, 4.69) is 5.32 Å². The average Bonchev–Trinajstić information content (AvgIpc) is 3.20. The van der Waals surface area contributed by atoms with Crippen LogP contribution in [0.4, 0.5) is 4.79 Å². The molecule has 1 aliphatic heterocycles. The van der Waals surface area contributed by atoms with Crippen molar-refractivity contribution in [3.05, 3.63) is 58.3 Å². The molecule has 2 heterocycles. The van der Waals surface area contributed by atoms with E-state index in [4.69, 9.17) is 0 Å². The van der Waals surface area contributed by atoms with Crippen LogP contribution in [-0.2, 0) is 21.7 Å². The fraction of sp³-hybridized carbons (Fsp3) is 0.278. The van der Waals surface area contributed by atoms with Gasteiger partial charge in [0.2, 0.25) is 5.91 Å². The highest BCUT2D eigenvalue weighted by atomic mass is 32.1. The smallest absolute Gasteiger partial charge is 0.325 e. The number of rotatable bonds is 5. The van der Waals surface area contributed by atoms with Crippen LogP contribution in [0.15, 0.2) is 47.2 Å². The minimum Gasteiger partial charge on any atom is -0.340 e. The average molecular weight is 357 g/mol. The molecule has 130 valence electrons. The molecule has 4 amide bonds. The van der Waals surface area contributed by atoms with Gasteiger partial charge in [-0.2, -0.15) is 11.3 Å². The lowest BCUT2D eigenvalue weighted by molar-refractivity contribution is -0.138. The first kappa shape index (κ1) is 17.2. The molecule has 3 rings (SSSR count). The number of carbonyl (C=O) groups is 3. The first-order valence-corrected chi connectivity index (χ1v) is 8.81. The number of carbonyl (C=O) groups excluding carboxylic acids is 3. The van der Waals surface area contributed by atoms with E-state index in [1.165, 1.54) is 16.2 Å². The Bertz CT molecular complexity index is 791. The summed E-state index contributed by atoms with van der Waals surface area (Å²) in [7, 11) is 1.66. The molecule has 0 unspecified atom stereocenters. The van der Waals surface area contributed by atoms with Crippen LogP contribution in [0.1, 0.15) is 18.1 Å². The van der Waals surface area contributed by atoms with Gasteiger partial charge in [0.05, 0.1) is 0 Å². The molecule has 0 bridgehead atoms. The summed E-state index contributed by atoms with van der Waals surface area (Å²) in [6.07, 6.45) is 0. The second kappa shape index (κ2) is 6.68. The van der Waals surface area contributed by atoms with Crippen molar-refractivity contribution in [1.82, 2.24) is 15.1 Å². The van der Waals surface area contributed by atoms with Crippen molar-refractivity contribution >= 4 is 29.2 Å². The summed E-state index contributed by atoms with van der Waals surface area (Å²) in [5.41, 5.74) is 0.595. The first-order chi connectivity index (χ1) is 11.9. The van der Waals surface area contributed by atoms with Crippen molar-refractivity contribution < 1.29 is 14.4 Å². The predicted molar refractivity (Wildman–Crippen MR) is 94.8 cm³/mol. The quantitative estimate of drug-likeness (QED) is 0.834. The van der Waals surface area contributed by atoms with Gasteiger partial charge in [-0.1, -0.05) is 30.3 Å². The summed E-state index contributed by atoms with van der Waals surface area (Å²) >= 11 is 1.45. The number of imide groups is 1. The second-order valence-corrected chi connectivity index (χ2v) is 6.97. The largest absolute Gasteiger partial charge is 0.340 e. The normalized spacial score (nSPS) is 19.8. The third-order valence-corrected chi connectivity index (χ3v) is 5.04. The summed E-state index contributed by atoms with van der Waals surface area (Å²) in [5.74, 6) is -0.695. The second-order valence-electron chi connectivity index (χ2n) is 6.19. The number of amides is 4. The number of hydrogen-bond acceptors (Lipinski definition) is 4. The van der Waals surface area contributed by atoms with Crippen LogP contribution in [-0.4, -0.2) is 41.2 Å². The highest BCUT2D eigenvalue weighted by molar-refractivity contribution is 7.08. The van der Waals surface area contributed by atoms with Crippen LogP contribution < -0.4 is 5.32 Å². The monoisotopic (exact) mass is 357 g/mol. The van der Waals surface area contributed by atoms with Gasteiger partial charge in [-0.25, -0.2) is 4.79 Å². The van der Waals surface area contributed by atoms with Crippen LogP contribution in [0.3, 0.4) is 0 Å². The number of hydrogen-bond donors (Lipinski definition) is 1. The van der Waals surface area contributed by atoms with Gasteiger partial charge >= 0.3 is 6.03 Å². The van der Waals surface area contributed by atoms with E-state index in [1.807, 2.05) is 41.1 Å². The Kier molecular flexibility index (Phi) is 4.59.